The number of aliphatic hydroxyl groups is 2. The van der Waals surface area contributed by atoms with Crippen LogP contribution in [0.25, 0.3) is 0 Å². The SMILES string of the molecule is C[C@H](CCC1CC(O)C1)[C@H]1CC[C@@]2(C)C3=C(CC[C@]12C)[C@@]1(C)CC[C@H](O)C(C)(C)[C@@H]1CC3. The molecular weight excluding hydrogens is 392 g/mol. The Kier molecular flexibility index (Phi) is 5.54. The summed E-state index contributed by atoms with van der Waals surface area (Å²) in [6.07, 6.45) is 14.8. The average Bonchev–Trinajstić information content (AvgIpc) is 2.99. The van der Waals surface area contributed by atoms with E-state index in [0.29, 0.717) is 22.2 Å². The monoisotopic (exact) mass is 442 g/mol. The fourth-order valence-corrected chi connectivity index (χ4v) is 10.3. The molecule has 0 aromatic heterocycles. The minimum atomic E-state index is -0.138. The molecule has 32 heavy (non-hydrogen) atoms. The number of fused-ring (bicyclic) bond motifs is 4. The van der Waals surface area contributed by atoms with Crippen molar-refractivity contribution in [2.24, 2.45) is 45.3 Å². The Balaban J connectivity index is 1.40. The van der Waals surface area contributed by atoms with Crippen molar-refractivity contribution in [1.29, 1.82) is 0 Å². The van der Waals surface area contributed by atoms with Crippen molar-refractivity contribution in [3.8, 4) is 0 Å². The molecule has 2 heteroatoms. The Morgan fingerprint density at radius 2 is 1.59 bits per heavy atom. The molecule has 3 saturated carbocycles. The molecule has 3 fully saturated rings. The molecule has 2 N–H and O–H groups in total. The maximum absolute atomic E-state index is 10.8. The van der Waals surface area contributed by atoms with Crippen LogP contribution in [-0.4, -0.2) is 22.4 Å². The Labute approximate surface area is 197 Å². The Morgan fingerprint density at radius 3 is 2.28 bits per heavy atom. The molecule has 0 heterocycles. The minimum Gasteiger partial charge on any atom is -0.393 e. The molecule has 0 amide bonds. The molecule has 2 nitrogen and oxygen atoms in total. The summed E-state index contributed by atoms with van der Waals surface area (Å²) < 4.78 is 0. The van der Waals surface area contributed by atoms with Gasteiger partial charge in [-0.25, -0.2) is 0 Å². The highest BCUT2D eigenvalue weighted by Gasteiger charge is 2.63. The van der Waals surface area contributed by atoms with Crippen LogP contribution in [-0.2, 0) is 0 Å². The first-order chi connectivity index (χ1) is 14.9. The summed E-state index contributed by atoms with van der Waals surface area (Å²) in [5, 5.41) is 20.5. The van der Waals surface area contributed by atoms with E-state index in [1.165, 1.54) is 57.8 Å². The third-order valence-corrected chi connectivity index (χ3v) is 12.7. The van der Waals surface area contributed by atoms with Gasteiger partial charge in [0.25, 0.3) is 0 Å². The molecular formula is C30H50O2. The fraction of sp³-hybridized carbons (Fsp3) is 0.933. The molecule has 5 rings (SSSR count). The van der Waals surface area contributed by atoms with Crippen LogP contribution in [0.1, 0.15) is 119 Å². The number of hydrogen-bond acceptors (Lipinski definition) is 2. The van der Waals surface area contributed by atoms with Crippen molar-refractivity contribution in [2.45, 2.75) is 131 Å². The van der Waals surface area contributed by atoms with Crippen molar-refractivity contribution in [3.63, 3.8) is 0 Å². The van der Waals surface area contributed by atoms with E-state index in [1.54, 1.807) is 0 Å². The zero-order chi connectivity index (χ0) is 23.1. The lowest BCUT2D eigenvalue weighted by molar-refractivity contribution is -0.0962. The summed E-state index contributed by atoms with van der Waals surface area (Å²) >= 11 is 0. The van der Waals surface area contributed by atoms with Crippen LogP contribution >= 0.6 is 0 Å². The van der Waals surface area contributed by atoms with Crippen molar-refractivity contribution in [2.75, 3.05) is 0 Å². The maximum Gasteiger partial charge on any atom is 0.0594 e. The van der Waals surface area contributed by atoms with Gasteiger partial charge in [-0.15, -0.1) is 0 Å². The molecule has 0 unspecified atom stereocenters. The second-order valence-corrected chi connectivity index (χ2v) is 14.3. The molecule has 0 aliphatic heterocycles. The normalized spacial score (nSPS) is 50.8. The Morgan fingerprint density at radius 1 is 0.875 bits per heavy atom. The van der Waals surface area contributed by atoms with E-state index in [0.717, 1.165) is 37.0 Å². The van der Waals surface area contributed by atoms with E-state index < -0.39 is 0 Å². The first kappa shape index (κ1) is 23.4. The van der Waals surface area contributed by atoms with Crippen LogP contribution < -0.4 is 0 Å². The summed E-state index contributed by atoms with van der Waals surface area (Å²) in [6.45, 7) is 15.1. The highest BCUT2D eigenvalue weighted by molar-refractivity contribution is 5.38. The largest absolute Gasteiger partial charge is 0.393 e. The fourth-order valence-electron chi connectivity index (χ4n) is 10.3. The summed E-state index contributed by atoms with van der Waals surface area (Å²) in [4.78, 5) is 0. The van der Waals surface area contributed by atoms with E-state index in [9.17, 15) is 10.2 Å². The number of aliphatic hydroxyl groups excluding tert-OH is 2. The lowest BCUT2D eigenvalue weighted by atomic mass is 9.43. The number of allylic oxidation sites excluding steroid dienone is 2. The van der Waals surface area contributed by atoms with Crippen LogP contribution in [0.3, 0.4) is 0 Å². The van der Waals surface area contributed by atoms with Crippen LogP contribution in [0, 0.1) is 45.3 Å². The lowest BCUT2D eigenvalue weighted by Gasteiger charge is -2.62. The van der Waals surface area contributed by atoms with Gasteiger partial charge in [-0.3, -0.25) is 0 Å². The van der Waals surface area contributed by atoms with Crippen LogP contribution in [0.5, 0.6) is 0 Å². The van der Waals surface area contributed by atoms with Gasteiger partial charge >= 0.3 is 0 Å². The van der Waals surface area contributed by atoms with Gasteiger partial charge in [-0.05, 0) is 116 Å². The van der Waals surface area contributed by atoms with Gasteiger partial charge in [0.05, 0.1) is 12.2 Å². The number of hydrogen-bond donors (Lipinski definition) is 2. The smallest absolute Gasteiger partial charge is 0.0594 e. The van der Waals surface area contributed by atoms with Crippen molar-refractivity contribution >= 4 is 0 Å². The second kappa shape index (κ2) is 7.58. The van der Waals surface area contributed by atoms with Crippen LogP contribution in [0.15, 0.2) is 11.1 Å². The maximum atomic E-state index is 10.8. The van der Waals surface area contributed by atoms with Gasteiger partial charge < -0.3 is 10.2 Å². The highest BCUT2D eigenvalue weighted by atomic mass is 16.3. The molecule has 5 aliphatic rings. The summed E-state index contributed by atoms with van der Waals surface area (Å²) in [5.41, 5.74) is 4.86. The number of rotatable bonds is 4. The van der Waals surface area contributed by atoms with Crippen LogP contribution in [0.4, 0.5) is 0 Å². The molecule has 0 aromatic carbocycles. The predicted octanol–water partition coefficient (Wildman–Crippen LogP) is 7.28. The van der Waals surface area contributed by atoms with Gasteiger partial charge in [0.15, 0.2) is 0 Å². The van der Waals surface area contributed by atoms with E-state index in [1.807, 2.05) is 11.1 Å². The molecule has 0 spiro atoms. The molecule has 0 aromatic rings. The third kappa shape index (κ3) is 3.10. The zero-order valence-corrected chi connectivity index (χ0v) is 21.8. The van der Waals surface area contributed by atoms with Crippen molar-refractivity contribution in [1.82, 2.24) is 0 Å². The predicted molar refractivity (Wildman–Crippen MR) is 132 cm³/mol. The van der Waals surface area contributed by atoms with Crippen molar-refractivity contribution in [3.05, 3.63) is 11.1 Å². The molecule has 0 radical (unpaired) electrons. The van der Waals surface area contributed by atoms with Gasteiger partial charge in [0, 0.05) is 0 Å². The van der Waals surface area contributed by atoms with Gasteiger partial charge in [0.2, 0.25) is 0 Å². The molecule has 0 saturated heterocycles. The summed E-state index contributed by atoms with van der Waals surface area (Å²) in [5.74, 6) is 3.06. The minimum absolute atomic E-state index is 0.00586. The summed E-state index contributed by atoms with van der Waals surface area (Å²) in [6, 6.07) is 0. The van der Waals surface area contributed by atoms with Crippen LogP contribution in [0.2, 0.25) is 0 Å². The van der Waals surface area contributed by atoms with Crippen molar-refractivity contribution < 1.29 is 10.2 Å². The van der Waals surface area contributed by atoms with Gasteiger partial charge in [-0.1, -0.05) is 59.1 Å². The molecule has 182 valence electrons. The van der Waals surface area contributed by atoms with Gasteiger partial charge in [0.1, 0.15) is 0 Å². The zero-order valence-electron chi connectivity index (χ0n) is 21.8. The Hall–Kier alpha value is -0.340. The second-order valence-electron chi connectivity index (χ2n) is 14.3. The van der Waals surface area contributed by atoms with E-state index in [-0.39, 0.29) is 17.6 Å². The topological polar surface area (TPSA) is 40.5 Å². The van der Waals surface area contributed by atoms with E-state index >= 15 is 0 Å². The molecule has 0 bridgehead atoms. The average molecular weight is 443 g/mol. The molecule has 5 aliphatic carbocycles. The molecule has 7 atom stereocenters. The third-order valence-electron chi connectivity index (χ3n) is 12.7. The first-order valence-electron chi connectivity index (χ1n) is 14.0. The van der Waals surface area contributed by atoms with Gasteiger partial charge in [-0.2, -0.15) is 0 Å². The Bertz CT molecular complexity index is 776. The van der Waals surface area contributed by atoms with E-state index in [4.69, 9.17) is 0 Å². The quantitative estimate of drug-likeness (QED) is 0.449. The summed E-state index contributed by atoms with van der Waals surface area (Å²) in [7, 11) is 0. The standard InChI is InChI=1S/C30H50O2/c1-19(7-8-20-17-21(31)18-20)22-11-15-30(6)24-9-10-25-27(2,3)26(32)13-14-28(25,4)23(24)12-16-29(22,30)5/h19-22,25-26,31-32H,7-18H2,1-6H3/t19-,20?,21?,22-,25+,26+,28-,29-,30+/m1/s1. The highest BCUT2D eigenvalue weighted by Crippen LogP contribution is 2.72. The van der Waals surface area contributed by atoms with E-state index in [2.05, 4.69) is 41.5 Å². The first-order valence-corrected chi connectivity index (χ1v) is 14.0. The lowest BCUT2D eigenvalue weighted by Crippen LogP contribution is -2.55.